The number of halogens is 1. The van der Waals surface area contributed by atoms with Crippen LogP contribution in [0.5, 0.6) is 5.75 Å². The third-order valence-electron chi connectivity index (χ3n) is 3.10. The van der Waals surface area contributed by atoms with Crippen LogP contribution in [-0.4, -0.2) is 11.7 Å². The molecule has 0 amide bonds. The van der Waals surface area contributed by atoms with E-state index in [9.17, 15) is 9.50 Å². The average Bonchev–Trinajstić information content (AvgIpc) is 2.37. The standard InChI is InChI=1S/C17H19FO2/c1-12-4-3-5-16(10-12)20-7-6-17(19)14-8-13(2)9-15(18)11-14/h3-5,8-11,17,19H,6-7H2,1-2H3. The molecule has 0 spiro atoms. The fourth-order valence-corrected chi connectivity index (χ4v) is 2.12. The maximum atomic E-state index is 13.3. The van der Waals surface area contributed by atoms with E-state index >= 15 is 0 Å². The maximum absolute atomic E-state index is 13.3. The molecule has 2 rings (SSSR count). The van der Waals surface area contributed by atoms with E-state index in [2.05, 4.69) is 0 Å². The molecule has 0 aliphatic rings. The summed E-state index contributed by atoms with van der Waals surface area (Å²) in [6, 6.07) is 12.4. The van der Waals surface area contributed by atoms with E-state index in [4.69, 9.17) is 4.74 Å². The van der Waals surface area contributed by atoms with Crippen molar-refractivity contribution in [3.63, 3.8) is 0 Å². The van der Waals surface area contributed by atoms with Gasteiger partial charge in [0.05, 0.1) is 12.7 Å². The van der Waals surface area contributed by atoms with Crippen molar-refractivity contribution in [2.24, 2.45) is 0 Å². The van der Waals surface area contributed by atoms with E-state index in [0.717, 1.165) is 16.9 Å². The fourth-order valence-electron chi connectivity index (χ4n) is 2.12. The summed E-state index contributed by atoms with van der Waals surface area (Å²) in [5.74, 6) is 0.464. The molecule has 106 valence electrons. The fraction of sp³-hybridized carbons (Fsp3) is 0.294. The van der Waals surface area contributed by atoms with Crippen molar-refractivity contribution in [1.82, 2.24) is 0 Å². The van der Waals surface area contributed by atoms with E-state index in [0.29, 0.717) is 18.6 Å². The van der Waals surface area contributed by atoms with Crippen molar-refractivity contribution in [2.75, 3.05) is 6.61 Å². The molecule has 2 aromatic rings. The minimum absolute atomic E-state index is 0.321. The highest BCUT2D eigenvalue weighted by Crippen LogP contribution is 2.20. The Bertz CT molecular complexity index is 561. The minimum atomic E-state index is -0.714. The van der Waals surface area contributed by atoms with Gasteiger partial charge >= 0.3 is 0 Å². The molecule has 0 aliphatic heterocycles. The van der Waals surface area contributed by atoms with Crippen LogP contribution >= 0.6 is 0 Å². The summed E-state index contributed by atoms with van der Waals surface area (Å²) in [6.45, 7) is 4.19. The third-order valence-corrected chi connectivity index (χ3v) is 3.10. The Morgan fingerprint density at radius 2 is 1.90 bits per heavy atom. The second kappa shape index (κ2) is 6.53. The van der Waals surface area contributed by atoms with Gasteiger partial charge in [0.15, 0.2) is 0 Å². The lowest BCUT2D eigenvalue weighted by atomic mass is 10.0. The molecule has 0 saturated carbocycles. The molecule has 2 nitrogen and oxygen atoms in total. The van der Waals surface area contributed by atoms with Crippen LogP contribution in [0, 0.1) is 19.7 Å². The summed E-state index contributed by atoms with van der Waals surface area (Å²) in [5.41, 5.74) is 2.53. The van der Waals surface area contributed by atoms with E-state index in [-0.39, 0.29) is 5.82 Å². The number of aliphatic hydroxyl groups excluding tert-OH is 1. The quantitative estimate of drug-likeness (QED) is 0.894. The molecule has 2 aromatic carbocycles. The monoisotopic (exact) mass is 274 g/mol. The molecule has 20 heavy (non-hydrogen) atoms. The van der Waals surface area contributed by atoms with Gasteiger partial charge in [0.1, 0.15) is 11.6 Å². The molecule has 0 aliphatic carbocycles. The SMILES string of the molecule is Cc1cccc(OCCC(O)c2cc(C)cc(F)c2)c1. The van der Waals surface area contributed by atoms with Gasteiger partial charge in [-0.25, -0.2) is 4.39 Å². The van der Waals surface area contributed by atoms with Gasteiger partial charge in [-0.3, -0.25) is 0 Å². The van der Waals surface area contributed by atoms with Gasteiger partial charge in [0.2, 0.25) is 0 Å². The van der Waals surface area contributed by atoms with Crippen molar-refractivity contribution in [2.45, 2.75) is 26.4 Å². The first kappa shape index (κ1) is 14.5. The van der Waals surface area contributed by atoms with Gasteiger partial charge in [-0.2, -0.15) is 0 Å². The predicted octanol–water partition coefficient (Wildman–Crippen LogP) is 3.95. The van der Waals surface area contributed by atoms with Crippen molar-refractivity contribution >= 4 is 0 Å². The van der Waals surface area contributed by atoms with Crippen LogP contribution < -0.4 is 4.74 Å². The second-order valence-corrected chi connectivity index (χ2v) is 5.03. The summed E-state index contributed by atoms with van der Waals surface area (Å²) in [7, 11) is 0. The molecule has 0 radical (unpaired) electrons. The van der Waals surface area contributed by atoms with E-state index in [1.54, 1.807) is 6.07 Å². The van der Waals surface area contributed by atoms with Crippen molar-refractivity contribution in [1.29, 1.82) is 0 Å². The lowest BCUT2D eigenvalue weighted by Gasteiger charge is -2.13. The van der Waals surface area contributed by atoms with Crippen LogP contribution in [0.1, 0.15) is 29.2 Å². The minimum Gasteiger partial charge on any atom is -0.493 e. The number of aryl methyl sites for hydroxylation is 2. The number of aliphatic hydroxyl groups is 1. The van der Waals surface area contributed by atoms with E-state index in [1.807, 2.05) is 38.1 Å². The molecule has 0 heterocycles. The van der Waals surface area contributed by atoms with Gasteiger partial charge in [0.25, 0.3) is 0 Å². The number of ether oxygens (including phenoxy) is 1. The zero-order valence-electron chi connectivity index (χ0n) is 11.8. The molecule has 0 aromatic heterocycles. The van der Waals surface area contributed by atoms with Crippen molar-refractivity contribution in [3.05, 3.63) is 65.0 Å². The Hall–Kier alpha value is -1.87. The molecule has 1 unspecified atom stereocenters. The number of hydrogen-bond acceptors (Lipinski definition) is 2. The Labute approximate surface area is 118 Å². The second-order valence-electron chi connectivity index (χ2n) is 5.03. The van der Waals surface area contributed by atoms with E-state index < -0.39 is 6.10 Å². The van der Waals surface area contributed by atoms with Gasteiger partial charge < -0.3 is 9.84 Å². The normalized spacial score (nSPS) is 12.2. The molecule has 1 atom stereocenters. The first-order chi connectivity index (χ1) is 9.54. The molecule has 1 N–H and O–H groups in total. The smallest absolute Gasteiger partial charge is 0.123 e. The van der Waals surface area contributed by atoms with Crippen molar-refractivity contribution in [3.8, 4) is 5.75 Å². The summed E-state index contributed by atoms with van der Waals surface area (Å²) in [6.07, 6.45) is -0.286. The van der Waals surface area contributed by atoms with Crippen molar-refractivity contribution < 1.29 is 14.2 Å². The lowest BCUT2D eigenvalue weighted by Crippen LogP contribution is -2.06. The maximum Gasteiger partial charge on any atom is 0.123 e. The van der Waals surface area contributed by atoms with Gasteiger partial charge in [-0.05, 0) is 54.8 Å². The Morgan fingerprint density at radius 3 is 2.60 bits per heavy atom. The van der Waals surface area contributed by atoms with Crippen LogP contribution in [0.25, 0.3) is 0 Å². The summed E-state index contributed by atoms with van der Waals surface area (Å²) < 4.78 is 18.9. The summed E-state index contributed by atoms with van der Waals surface area (Å²) in [5, 5.41) is 10.1. The average molecular weight is 274 g/mol. The van der Waals surface area contributed by atoms with Crippen LogP contribution in [0.2, 0.25) is 0 Å². The zero-order valence-corrected chi connectivity index (χ0v) is 11.8. The zero-order chi connectivity index (χ0) is 14.5. The van der Waals surface area contributed by atoms with Crippen LogP contribution in [-0.2, 0) is 0 Å². The topological polar surface area (TPSA) is 29.5 Å². The number of benzene rings is 2. The number of hydrogen-bond donors (Lipinski definition) is 1. The third kappa shape index (κ3) is 4.07. The Morgan fingerprint density at radius 1 is 1.10 bits per heavy atom. The predicted molar refractivity (Wildman–Crippen MR) is 77.4 cm³/mol. The number of rotatable bonds is 5. The Balaban J connectivity index is 1.90. The first-order valence-corrected chi connectivity index (χ1v) is 6.69. The van der Waals surface area contributed by atoms with Gasteiger partial charge in [-0.1, -0.05) is 18.2 Å². The molecule has 0 bridgehead atoms. The van der Waals surface area contributed by atoms with Crippen LogP contribution in [0.3, 0.4) is 0 Å². The first-order valence-electron chi connectivity index (χ1n) is 6.69. The molecule has 0 saturated heterocycles. The molecular weight excluding hydrogens is 255 g/mol. The molecular formula is C17H19FO2. The van der Waals surface area contributed by atoms with Crippen LogP contribution in [0.4, 0.5) is 4.39 Å². The molecule has 0 fully saturated rings. The summed E-state index contributed by atoms with van der Waals surface area (Å²) >= 11 is 0. The largest absolute Gasteiger partial charge is 0.493 e. The highest BCUT2D eigenvalue weighted by Gasteiger charge is 2.09. The van der Waals surface area contributed by atoms with E-state index in [1.165, 1.54) is 12.1 Å². The summed E-state index contributed by atoms with van der Waals surface area (Å²) in [4.78, 5) is 0. The Kier molecular flexibility index (Phi) is 4.74. The lowest BCUT2D eigenvalue weighted by molar-refractivity contribution is 0.140. The van der Waals surface area contributed by atoms with Gasteiger partial charge in [0, 0.05) is 6.42 Å². The molecule has 3 heteroatoms. The van der Waals surface area contributed by atoms with Gasteiger partial charge in [-0.15, -0.1) is 0 Å². The van der Waals surface area contributed by atoms with Crippen LogP contribution in [0.15, 0.2) is 42.5 Å². The highest BCUT2D eigenvalue weighted by molar-refractivity contribution is 5.27. The highest BCUT2D eigenvalue weighted by atomic mass is 19.1.